The number of methoxy groups -OCH3 is 1. The molecule has 0 bridgehead atoms. The topological polar surface area (TPSA) is 55.6 Å². The Morgan fingerprint density at radius 1 is 1.73 bits per heavy atom. The van der Waals surface area contributed by atoms with Gasteiger partial charge in [0.25, 0.3) is 0 Å². The summed E-state index contributed by atoms with van der Waals surface area (Å²) in [6, 6.07) is -0.0448. The highest BCUT2D eigenvalue weighted by atomic mass is 32.2. The molecule has 2 N–H and O–H groups in total. The fourth-order valence-electron chi connectivity index (χ4n) is 1.64. The van der Waals surface area contributed by atoms with Gasteiger partial charge in [0.1, 0.15) is 0 Å². The molecule has 2 atom stereocenters. The third kappa shape index (κ3) is 3.66. The number of carbonyl (C=O) groups excluding carboxylic acids is 1. The number of likely N-dealkylation sites (N-methyl/N-ethyl adjacent to an activating group) is 1. The number of ether oxygens (including phenoxy) is 1. The largest absolute Gasteiger partial charge is 0.385 e. The Kier molecular flexibility index (Phi) is 5.42. The fourth-order valence-corrected chi connectivity index (χ4v) is 2.91. The van der Waals surface area contributed by atoms with Crippen molar-refractivity contribution in [2.75, 3.05) is 32.3 Å². The summed E-state index contributed by atoms with van der Waals surface area (Å²) in [6.45, 7) is 0.542. The number of amides is 1. The van der Waals surface area contributed by atoms with Crippen molar-refractivity contribution in [3.05, 3.63) is 0 Å². The van der Waals surface area contributed by atoms with Gasteiger partial charge in [0, 0.05) is 32.6 Å². The highest BCUT2D eigenvalue weighted by molar-refractivity contribution is 7.99. The van der Waals surface area contributed by atoms with Crippen LogP contribution in [0.3, 0.4) is 0 Å². The molecule has 0 spiro atoms. The van der Waals surface area contributed by atoms with Gasteiger partial charge in [-0.3, -0.25) is 4.79 Å². The Bertz CT molecular complexity index is 208. The predicted molar refractivity (Wildman–Crippen MR) is 63.0 cm³/mol. The van der Waals surface area contributed by atoms with Crippen molar-refractivity contribution in [2.45, 2.75) is 24.9 Å². The SMILES string of the molecule is COCCC(N)C(=O)N(C)C1CCSC1. The van der Waals surface area contributed by atoms with Crippen LogP contribution in [0.2, 0.25) is 0 Å². The average molecular weight is 232 g/mol. The van der Waals surface area contributed by atoms with E-state index in [0.717, 1.165) is 17.9 Å². The Labute approximate surface area is 95.5 Å². The lowest BCUT2D eigenvalue weighted by atomic mass is 10.1. The first kappa shape index (κ1) is 12.8. The molecule has 2 unspecified atom stereocenters. The summed E-state index contributed by atoms with van der Waals surface area (Å²) in [5.74, 6) is 2.23. The van der Waals surface area contributed by atoms with E-state index in [4.69, 9.17) is 10.5 Å². The van der Waals surface area contributed by atoms with Crippen molar-refractivity contribution in [3.8, 4) is 0 Å². The van der Waals surface area contributed by atoms with E-state index in [-0.39, 0.29) is 5.91 Å². The standard InChI is InChI=1S/C10H20N2O2S/c1-12(8-4-6-15-7-8)10(13)9(11)3-5-14-2/h8-9H,3-7,11H2,1-2H3. The van der Waals surface area contributed by atoms with Gasteiger partial charge in [0.2, 0.25) is 5.91 Å². The van der Waals surface area contributed by atoms with Gasteiger partial charge in [-0.15, -0.1) is 0 Å². The zero-order valence-electron chi connectivity index (χ0n) is 9.44. The van der Waals surface area contributed by atoms with Gasteiger partial charge in [-0.2, -0.15) is 11.8 Å². The van der Waals surface area contributed by atoms with Crippen LogP contribution < -0.4 is 5.73 Å². The van der Waals surface area contributed by atoms with Crippen LogP contribution >= 0.6 is 11.8 Å². The number of nitrogens with zero attached hydrogens (tertiary/aromatic N) is 1. The van der Waals surface area contributed by atoms with Crippen LogP contribution in [0.4, 0.5) is 0 Å². The molecule has 0 aromatic rings. The van der Waals surface area contributed by atoms with Gasteiger partial charge >= 0.3 is 0 Å². The van der Waals surface area contributed by atoms with Crippen molar-refractivity contribution < 1.29 is 9.53 Å². The number of carbonyl (C=O) groups is 1. The minimum Gasteiger partial charge on any atom is -0.385 e. The Morgan fingerprint density at radius 3 is 3.00 bits per heavy atom. The average Bonchev–Trinajstić information content (AvgIpc) is 2.77. The quantitative estimate of drug-likeness (QED) is 0.741. The molecule has 1 aliphatic heterocycles. The number of hydrogen-bond donors (Lipinski definition) is 1. The summed E-state index contributed by atoms with van der Waals surface area (Å²) in [7, 11) is 3.47. The van der Waals surface area contributed by atoms with Gasteiger partial charge in [-0.1, -0.05) is 0 Å². The van der Waals surface area contributed by atoms with Crippen molar-refractivity contribution in [1.82, 2.24) is 4.90 Å². The van der Waals surface area contributed by atoms with Crippen molar-refractivity contribution in [2.24, 2.45) is 5.73 Å². The van der Waals surface area contributed by atoms with E-state index in [9.17, 15) is 4.79 Å². The van der Waals surface area contributed by atoms with Gasteiger partial charge in [-0.25, -0.2) is 0 Å². The molecule has 1 amide bonds. The molecule has 0 saturated carbocycles. The summed E-state index contributed by atoms with van der Waals surface area (Å²) in [6.07, 6.45) is 1.68. The van der Waals surface area contributed by atoms with Gasteiger partial charge in [-0.05, 0) is 18.6 Å². The summed E-state index contributed by atoms with van der Waals surface area (Å²) >= 11 is 1.90. The number of hydrogen-bond acceptors (Lipinski definition) is 4. The third-order valence-corrected chi connectivity index (χ3v) is 3.90. The number of rotatable bonds is 5. The third-order valence-electron chi connectivity index (χ3n) is 2.75. The zero-order chi connectivity index (χ0) is 11.3. The van der Waals surface area contributed by atoms with E-state index in [1.165, 1.54) is 0 Å². The van der Waals surface area contributed by atoms with E-state index >= 15 is 0 Å². The van der Waals surface area contributed by atoms with Crippen molar-refractivity contribution in [1.29, 1.82) is 0 Å². The molecule has 1 heterocycles. The lowest BCUT2D eigenvalue weighted by molar-refractivity contribution is -0.133. The molecule has 0 aliphatic carbocycles. The Hall–Kier alpha value is -0.260. The molecular weight excluding hydrogens is 212 g/mol. The molecule has 0 radical (unpaired) electrons. The van der Waals surface area contributed by atoms with Gasteiger partial charge in [0.15, 0.2) is 0 Å². The second kappa shape index (κ2) is 6.35. The van der Waals surface area contributed by atoms with E-state index < -0.39 is 6.04 Å². The minimum atomic E-state index is -0.416. The summed E-state index contributed by atoms with van der Waals surface area (Å²) < 4.78 is 4.91. The first-order valence-electron chi connectivity index (χ1n) is 5.25. The smallest absolute Gasteiger partial charge is 0.239 e. The maximum absolute atomic E-state index is 11.9. The van der Waals surface area contributed by atoms with Crippen molar-refractivity contribution >= 4 is 17.7 Å². The Balaban J connectivity index is 2.36. The molecule has 1 aliphatic rings. The normalized spacial score (nSPS) is 22.7. The molecule has 5 heteroatoms. The molecular formula is C10H20N2O2S. The van der Waals surface area contributed by atoms with Crippen LogP contribution in [0.25, 0.3) is 0 Å². The van der Waals surface area contributed by atoms with Crippen molar-refractivity contribution in [3.63, 3.8) is 0 Å². The second-order valence-corrected chi connectivity index (χ2v) is 5.00. The van der Waals surface area contributed by atoms with E-state index in [1.807, 2.05) is 18.8 Å². The fraction of sp³-hybridized carbons (Fsp3) is 0.900. The lowest BCUT2D eigenvalue weighted by Gasteiger charge is -2.26. The van der Waals surface area contributed by atoms with E-state index in [2.05, 4.69) is 0 Å². The highest BCUT2D eigenvalue weighted by Crippen LogP contribution is 2.21. The van der Waals surface area contributed by atoms with E-state index in [1.54, 1.807) is 12.0 Å². The van der Waals surface area contributed by atoms with Crippen LogP contribution in [0.15, 0.2) is 0 Å². The monoisotopic (exact) mass is 232 g/mol. The molecule has 4 nitrogen and oxygen atoms in total. The summed E-state index contributed by atoms with van der Waals surface area (Å²) in [5, 5.41) is 0. The first-order chi connectivity index (χ1) is 7.16. The minimum absolute atomic E-state index is 0.0413. The summed E-state index contributed by atoms with van der Waals surface area (Å²) in [4.78, 5) is 13.7. The van der Waals surface area contributed by atoms with Gasteiger partial charge < -0.3 is 15.4 Å². The molecule has 0 aromatic heterocycles. The zero-order valence-corrected chi connectivity index (χ0v) is 10.3. The lowest BCUT2D eigenvalue weighted by Crippen LogP contribution is -2.47. The first-order valence-corrected chi connectivity index (χ1v) is 6.41. The van der Waals surface area contributed by atoms with Crippen LogP contribution in [0, 0.1) is 0 Å². The predicted octanol–water partition coefficient (Wildman–Crippen LogP) is 0.314. The summed E-state index contributed by atoms with van der Waals surface area (Å²) in [5.41, 5.74) is 5.79. The van der Waals surface area contributed by atoms with Crippen LogP contribution in [0.5, 0.6) is 0 Å². The second-order valence-electron chi connectivity index (χ2n) is 3.85. The Morgan fingerprint density at radius 2 is 2.47 bits per heavy atom. The van der Waals surface area contributed by atoms with Crippen LogP contribution in [-0.4, -0.2) is 55.2 Å². The maximum Gasteiger partial charge on any atom is 0.239 e. The number of thioether (sulfide) groups is 1. The molecule has 1 fully saturated rings. The molecule has 0 aromatic carbocycles. The maximum atomic E-state index is 11.9. The van der Waals surface area contributed by atoms with Gasteiger partial charge in [0.05, 0.1) is 6.04 Å². The molecule has 15 heavy (non-hydrogen) atoms. The molecule has 88 valence electrons. The van der Waals surface area contributed by atoms with E-state index in [0.29, 0.717) is 19.1 Å². The number of nitrogens with two attached hydrogens (primary N) is 1. The van der Waals surface area contributed by atoms with Crippen LogP contribution in [0.1, 0.15) is 12.8 Å². The molecule has 1 rings (SSSR count). The van der Waals surface area contributed by atoms with Crippen LogP contribution in [-0.2, 0) is 9.53 Å². The molecule has 1 saturated heterocycles. The highest BCUT2D eigenvalue weighted by Gasteiger charge is 2.26.